The minimum atomic E-state index is 0. The lowest BCUT2D eigenvalue weighted by Gasteiger charge is -1.90. The first-order valence-electron chi connectivity index (χ1n) is 7.22. The van der Waals surface area contributed by atoms with Gasteiger partial charge in [-0.05, 0) is 61.9 Å². The van der Waals surface area contributed by atoms with Crippen LogP contribution in [0.2, 0.25) is 0 Å². The van der Waals surface area contributed by atoms with Crippen molar-refractivity contribution in [3.05, 3.63) is 71.5 Å². The summed E-state index contributed by atoms with van der Waals surface area (Å²) in [6, 6.07) is 19.0. The van der Waals surface area contributed by atoms with Gasteiger partial charge in [0.15, 0.2) is 0 Å². The number of aryl methyl sites for hydroxylation is 3. The van der Waals surface area contributed by atoms with Crippen LogP contribution in [-0.4, -0.2) is 9.97 Å². The predicted molar refractivity (Wildman–Crippen MR) is 97.5 cm³/mol. The average molecular weight is 292 g/mol. The van der Waals surface area contributed by atoms with Gasteiger partial charge in [0.25, 0.3) is 0 Å². The maximum Gasteiger partial charge on any atom is 0.0456 e. The number of para-hydroxylation sites is 1. The highest BCUT2D eigenvalue weighted by atomic mass is 14.7. The second-order valence-electron chi connectivity index (χ2n) is 5.58. The second-order valence-corrected chi connectivity index (χ2v) is 5.58. The zero-order chi connectivity index (χ0) is 14.8. The van der Waals surface area contributed by atoms with Gasteiger partial charge in [-0.25, -0.2) is 0 Å². The molecule has 0 aliphatic carbocycles. The summed E-state index contributed by atoms with van der Waals surface area (Å²) in [4.78, 5) is 6.54. The molecule has 0 aliphatic heterocycles. The molecular weight excluding hydrogens is 268 g/mol. The third-order valence-electron chi connectivity index (χ3n) is 3.58. The molecule has 2 aromatic heterocycles. The van der Waals surface area contributed by atoms with E-state index in [1.165, 1.54) is 38.8 Å². The lowest BCUT2D eigenvalue weighted by Crippen LogP contribution is -1.70. The molecule has 2 heteroatoms. The lowest BCUT2D eigenvalue weighted by atomic mass is 10.2. The Labute approximate surface area is 132 Å². The minimum Gasteiger partial charge on any atom is -0.359 e. The van der Waals surface area contributed by atoms with Crippen LogP contribution in [0, 0.1) is 20.8 Å². The van der Waals surface area contributed by atoms with Crippen LogP contribution in [0.4, 0.5) is 0 Å². The normalized spacial score (nSPS) is 10.1. The number of fused-ring (bicyclic) bond motifs is 2. The molecule has 2 N–H and O–H groups in total. The Morgan fingerprint density at radius 3 is 1.91 bits per heavy atom. The van der Waals surface area contributed by atoms with E-state index in [2.05, 4.69) is 79.3 Å². The molecule has 2 heterocycles. The van der Waals surface area contributed by atoms with Crippen molar-refractivity contribution in [3.63, 3.8) is 0 Å². The monoisotopic (exact) mass is 292 g/mol. The summed E-state index contributed by atoms with van der Waals surface area (Å²) in [5.74, 6) is 0. The molecule has 0 bridgehead atoms. The van der Waals surface area contributed by atoms with Gasteiger partial charge >= 0.3 is 0 Å². The fraction of sp³-hybridized carbons (Fsp3) is 0.200. The molecule has 2 aromatic carbocycles. The van der Waals surface area contributed by atoms with Crippen LogP contribution >= 0.6 is 0 Å². The van der Waals surface area contributed by atoms with E-state index in [1.54, 1.807) is 0 Å². The number of aromatic amines is 2. The molecule has 0 aliphatic rings. The molecule has 0 amide bonds. The van der Waals surface area contributed by atoms with Crippen molar-refractivity contribution in [1.82, 2.24) is 9.97 Å². The van der Waals surface area contributed by atoms with E-state index in [0.717, 1.165) is 0 Å². The van der Waals surface area contributed by atoms with Crippen LogP contribution < -0.4 is 0 Å². The van der Waals surface area contributed by atoms with Crippen molar-refractivity contribution < 1.29 is 0 Å². The Kier molecular flexibility index (Phi) is 4.71. The molecule has 0 atom stereocenters. The molecule has 0 fully saturated rings. The van der Waals surface area contributed by atoms with Gasteiger partial charge in [-0.3, -0.25) is 0 Å². The van der Waals surface area contributed by atoms with Crippen LogP contribution in [-0.2, 0) is 0 Å². The quantitative estimate of drug-likeness (QED) is 0.404. The van der Waals surface area contributed by atoms with Gasteiger partial charge in [0.05, 0.1) is 0 Å². The van der Waals surface area contributed by atoms with Gasteiger partial charge < -0.3 is 9.97 Å². The van der Waals surface area contributed by atoms with Crippen LogP contribution in [0.25, 0.3) is 21.8 Å². The Morgan fingerprint density at radius 2 is 1.23 bits per heavy atom. The fourth-order valence-electron chi connectivity index (χ4n) is 2.62. The second kappa shape index (κ2) is 6.52. The van der Waals surface area contributed by atoms with E-state index in [9.17, 15) is 0 Å². The summed E-state index contributed by atoms with van der Waals surface area (Å²) in [6.45, 7) is 6.26. The lowest BCUT2D eigenvalue weighted by molar-refractivity contribution is 1.30. The highest BCUT2D eigenvalue weighted by molar-refractivity contribution is 5.81. The van der Waals surface area contributed by atoms with Crippen LogP contribution in [0.5, 0.6) is 0 Å². The number of nitrogens with one attached hydrogen (secondary N) is 2. The summed E-state index contributed by atoms with van der Waals surface area (Å²) in [6.07, 6.45) is 0. The summed E-state index contributed by atoms with van der Waals surface area (Å²) in [5, 5.41) is 2.60. The van der Waals surface area contributed by atoms with E-state index in [4.69, 9.17) is 0 Å². The highest BCUT2D eigenvalue weighted by Gasteiger charge is 1.95. The maximum absolute atomic E-state index is 3.29. The van der Waals surface area contributed by atoms with Gasteiger partial charge in [-0.2, -0.15) is 0 Å². The molecule has 4 rings (SSSR count). The number of H-pyrrole nitrogens is 2. The number of hydrogen-bond donors (Lipinski definition) is 2. The van der Waals surface area contributed by atoms with E-state index in [-0.39, 0.29) is 7.43 Å². The first-order valence-corrected chi connectivity index (χ1v) is 7.22. The van der Waals surface area contributed by atoms with Crippen LogP contribution in [0.15, 0.2) is 54.6 Å². The van der Waals surface area contributed by atoms with E-state index < -0.39 is 0 Å². The molecule has 4 aromatic rings. The standard InChI is InChI=1S/C10H11N.C9H9N.CH4/c1-7-3-4-10-9(5-7)6-8(2)11-10;1-7-6-8-4-2-3-5-9(8)10-7;/h3-6,11H,1-2H3;2-6,10H,1H3;1H4. The Morgan fingerprint density at radius 1 is 0.636 bits per heavy atom. The van der Waals surface area contributed by atoms with Gasteiger partial charge in [-0.1, -0.05) is 37.3 Å². The van der Waals surface area contributed by atoms with Gasteiger partial charge in [0, 0.05) is 22.4 Å². The third kappa shape index (κ3) is 3.40. The van der Waals surface area contributed by atoms with Gasteiger partial charge in [0.1, 0.15) is 0 Å². The van der Waals surface area contributed by atoms with Crippen molar-refractivity contribution >= 4 is 21.8 Å². The Hall–Kier alpha value is -2.48. The van der Waals surface area contributed by atoms with Gasteiger partial charge in [0.2, 0.25) is 0 Å². The third-order valence-corrected chi connectivity index (χ3v) is 3.58. The molecule has 0 spiro atoms. The van der Waals surface area contributed by atoms with Crippen LogP contribution in [0.1, 0.15) is 24.4 Å². The van der Waals surface area contributed by atoms with E-state index in [0.29, 0.717) is 0 Å². The Balaban J connectivity index is 0.000000154. The first kappa shape index (κ1) is 15.9. The average Bonchev–Trinajstić information content (AvgIpc) is 2.99. The minimum absolute atomic E-state index is 0. The van der Waals surface area contributed by atoms with Gasteiger partial charge in [-0.15, -0.1) is 0 Å². The number of aromatic nitrogens is 2. The maximum atomic E-state index is 3.29. The highest BCUT2D eigenvalue weighted by Crippen LogP contribution is 2.16. The summed E-state index contributed by atoms with van der Waals surface area (Å²) in [5.41, 5.74) is 6.22. The molecule has 114 valence electrons. The summed E-state index contributed by atoms with van der Waals surface area (Å²) in [7, 11) is 0. The molecule has 22 heavy (non-hydrogen) atoms. The number of benzene rings is 2. The molecule has 0 radical (unpaired) electrons. The van der Waals surface area contributed by atoms with Crippen molar-refractivity contribution in [1.29, 1.82) is 0 Å². The van der Waals surface area contributed by atoms with E-state index in [1.807, 2.05) is 6.07 Å². The van der Waals surface area contributed by atoms with Crippen molar-refractivity contribution in [2.45, 2.75) is 28.2 Å². The summed E-state index contributed by atoms with van der Waals surface area (Å²) < 4.78 is 0. The number of hydrogen-bond acceptors (Lipinski definition) is 0. The molecule has 0 saturated carbocycles. The topological polar surface area (TPSA) is 31.6 Å². The van der Waals surface area contributed by atoms with Crippen LogP contribution in [0.3, 0.4) is 0 Å². The summed E-state index contributed by atoms with van der Waals surface area (Å²) >= 11 is 0. The molecular formula is C20H24N2. The molecule has 2 nitrogen and oxygen atoms in total. The zero-order valence-corrected chi connectivity index (χ0v) is 12.7. The van der Waals surface area contributed by atoms with E-state index >= 15 is 0 Å². The van der Waals surface area contributed by atoms with Crippen molar-refractivity contribution in [2.75, 3.05) is 0 Å². The molecule has 0 unspecified atom stereocenters. The smallest absolute Gasteiger partial charge is 0.0456 e. The van der Waals surface area contributed by atoms with Crippen molar-refractivity contribution in [2.24, 2.45) is 0 Å². The SMILES string of the molecule is C.Cc1cc2ccccc2[nH]1.Cc1ccc2[nH]c(C)cc2c1. The number of rotatable bonds is 0. The predicted octanol–water partition coefficient (Wildman–Crippen LogP) is 5.90. The fourth-order valence-corrected chi connectivity index (χ4v) is 2.62. The molecule has 0 saturated heterocycles. The van der Waals surface area contributed by atoms with Crippen molar-refractivity contribution in [3.8, 4) is 0 Å². The largest absolute Gasteiger partial charge is 0.359 e. The zero-order valence-electron chi connectivity index (χ0n) is 12.7. The Bertz CT molecular complexity index is 848. The first-order chi connectivity index (χ1) is 10.1.